The van der Waals surface area contributed by atoms with Crippen LogP contribution in [0.4, 0.5) is 0 Å². The van der Waals surface area contributed by atoms with Crippen LogP contribution in [0.2, 0.25) is 0 Å². The molecule has 0 aromatic carbocycles. The molecule has 1 atom stereocenters. The van der Waals surface area contributed by atoms with Crippen LogP contribution in [-0.4, -0.2) is 189 Å². The molecule has 0 saturated heterocycles. The minimum atomic E-state index is -8.08. The van der Waals surface area contributed by atoms with Crippen LogP contribution in [0.3, 0.4) is 0 Å². The molecule has 0 rings (SSSR count). The van der Waals surface area contributed by atoms with Crippen molar-refractivity contribution >= 4 is 134 Å². The molecule has 0 aromatic rings. The average molecular weight is 1310 g/mol. The van der Waals surface area contributed by atoms with Gasteiger partial charge in [-0.15, -0.1) is 0 Å². The van der Waals surface area contributed by atoms with Gasteiger partial charge < -0.3 is 0 Å². The van der Waals surface area contributed by atoms with Gasteiger partial charge in [0.05, 0.1) is 0 Å². The number of rotatable bonds is 41. The van der Waals surface area contributed by atoms with Gasteiger partial charge in [-0.2, -0.15) is 113 Å². The molecule has 0 saturated carbocycles. The molecule has 0 aromatic heterocycles. The van der Waals surface area contributed by atoms with E-state index >= 15 is 0 Å². The van der Waals surface area contributed by atoms with E-state index in [0.717, 1.165) is 57.8 Å². The van der Waals surface area contributed by atoms with Crippen LogP contribution in [0, 0.1) is 0 Å². The standard InChI is InChI=1S/C23H48O40S10.Na.H/c1-2-3-4-5-6-7-8-9-10-11-12-13-14-15-16-17-18-19(54-64(24,25)26)20(55-65(27,28)29,56-66(30,31)32)21(57-67(33,34)35,58-68(36,37)38)22(59-69(39,40)41,60-70(42,43)44)23(61-71(45,46)47,62-72(48,49)50)63-73(51,52)53;;/h19H,2-18H2,1H3,(H,24,25,26)(H,27,28,29)(H,30,31,32)(H,33,34,35)(H,36,37,38)(H,39,40,41)(H,42,43,44)(H,45,46,47)(H,48,49,50)(H,51,52,53);;. The van der Waals surface area contributed by atoms with Gasteiger partial charge in [-0.3, -0.25) is 45.5 Å². The molecule has 0 bridgehead atoms. The van der Waals surface area contributed by atoms with Crippen molar-refractivity contribution in [2.24, 2.45) is 0 Å². The summed E-state index contributed by atoms with van der Waals surface area (Å²) in [5, 5.41) is 0. The van der Waals surface area contributed by atoms with Crippen molar-refractivity contribution in [2.75, 3.05) is 0 Å². The summed E-state index contributed by atoms with van der Waals surface area (Å²) in [5.74, 6) is -30.0. The first-order valence-electron chi connectivity index (χ1n) is 19.1. The number of hydrogen-bond donors (Lipinski definition) is 10. The molecule has 40 nitrogen and oxygen atoms in total. The zero-order chi connectivity index (χ0) is 57.7. The van der Waals surface area contributed by atoms with E-state index in [2.05, 4.69) is 48.8 Å². The van der Waals surface area contributed by atoms with E-state index < -0.39 is 153 Å². The van der Waals surface area contributed by atoms with Crippen molar-refractivity contribution in [3.8, 4) is 0 Å². The Morgan fingerprint density at radius 2 is 0.514 bits per heavy atom. The Hall–Kier alpha value is -0.300. The molecule has 0 heterocycles. The second-order valence-electron chi connectivity index (χ2n) is 14.2. The zero-order valence-corrected chi connectivity index (χ0v) is 44.6. The third-order valence-corrected chi connectivity index (χ3v) is 12.7. The molecule has 51 heteroatoms. The van der Waals surface area contributed by atoms with Crippen LogP contribution in [0.15, 0.2) is 0 Å². The van der Waals surface area contributed by atoms with E-state index in [0.29, 0.717) is 19.3 Å². The summed E-state index contributed by atoms with van der Waals surface area (Å²) >= 11 is 0. The maximum atomic E-state index is 12.8. The molecule has 0 aliphatic rings. The first-order valence-corrected chi connectivity index (χ1v) is 32.7. The van der Waals surface area contributed by atoms with E-state index in [9.17, 15) is 130 Å². The Labute approximate surface area is 447 Å². The van der Waals surface area contributed by atoms with Crippen LogP contribution in [0.25, 0.3) is 0 Å². The van der Waals surface area contributed by atoms with Gasteiger partial charge in [0.1, 0.15) is 6.10 Å². The normalized spacial score (nSPS) is 15.2. The fraction of sp³-hybridized carbons (Fsp3) is 1.00. The van der Waals surface area contributed by atoms with Crippen LogP contribution in [-0.2, 0) is 146 Å². The summed E-state index contributed by atoms with van der Waals surface area (Å²) in [6, 6.07) is 0. The van der Waals surface area contributed by atoms with Crippen molar-refractivity contribution in [3.63, 3.8) is 0 Å². The summed E-state index contributed by atoms with van der Waals surface area (Å²) < 4.78 is 383. The van der Waals surface area contributed by atoms with Crippen LogP contribution in [0.5, 0.6) is 0 Å². The summed E-state index contributed by atoms with van der Waals surface area (Å²) in [7, 11) is -78.2. The zero-order valence-electron chi connectivity index (χ0n) is 36.4. The fourth-order valence-corrected chi connectivity index (χ4v) is 11.7. The molecule has 442 valence electrons. The average Bonchev–Trinajstić information content (AvgIpc) is 3.06. The Kier molecular flexibility index (Phi) is 29.6. The molecule has 0 aliphatic carbocycles. The molecular formula is C23H49NaO40S10. The van der Waals surface area contributed by atoms with Gasteiger partial charge in [-0.1, -0.05) is 110 Å². The first-order chi connectivity index (χ1) is 32.3. The number of hydrogen-bond acceptors (Lipinski definition) is 30. The quantitative estimate of drug-likeness (QED) is 0.0141. The predicted octanol–water partition coefficient (Wildman–Crippen LogP) is -1.71. The monoisotopic (exact) mass is 1310 g/mol. The molecule has 0 spiro atoms. The summed E-state index contributed by atoms with van der Waals surface area (Å²) in [6.07, 6.45) is 1.11. The van der Waals surface area contributed by atoms with Gasteiger partial charge in [0.25, 0.3) is 5.79 Å². The molecule has 0 fully saturated rings. The SMILES string of the molecule is CCCCCCCCCCCCCCCCCCC(OS(=O)(=O)O)C(OS(=O)(=O)O)(OS(=O)(=O)O)C(OS(=O)(=O)O)(OS(=O)(=O)O)C(OS(=O)(=O)O)(OS(=O)(=O)O)C(OS(=O)(=O)O)(OS(=O)(=O)O)OS(=O)(=O)O.[NaH]. The van der Waals surface area contributed by atoms with Gasteiger partial charge in [0, 0.05) is 0 Å². The molecular weight excluding hydrogens is 1260 g/mol. The summed E-state index contributed by atoms with van der Waals surface area (Å²) in [6.45, 7) is 2.06. The second-order valence-corrected chi connectivity index (χ2v) is 24.4. The Balaban J connectivity index is 0. The topological polar surface area (TPSA) is 636 Å². The van der Waals surface area contributed by atoms with Gasteiger partial charge in [-0.25, -0.2) is 12.5 Å². The Morgan fingerprint density at radius 3 is 0.730 bits per heavy atom. The van der Waals surface area contributed by atoms with E-state index in [1.165, 1.54) is 0 Å². The predicted molar refractivity (Wildman–Crippen MR) is 232 cm³/mol. The van der Waals surface area contributed by atoms with Gasteiger partial charge in [-0.05, 0) is 6.42 Å². The maximum absolute atomic E-state index is 12.8. The second kappa shape index (κ2) is 28.9. The molecule has 0 amide bonds. The van der Waals surface area contributed by atoms with Crippen molar-refractivity contribution in [2.45, 2.75) is 146 Å². The molecule has 74 heavy (non-hydrogen) atoms. The molecule has 1 unspecified atom stereocenters. The van der Waals surface area contributed by atoms with Crippen molar-refractivity contribution < 1.29 is 172 Å². The van der Waals surface area contributed by atoms with Crippen LogP contribution < -0.4 is 0 Å². The van der Waals surface area contributed by atoms with E-state index in [-0.39, 0.29) is 42.4 Å². The van der Waals surface area contributed by atoms with Crippen molar-refractivity contribution in [1.82, 2.24) is 0 Å². The Morgan fingerprint density at radius 1 is 0.297 bits per heavy atom. The fourth-order valence-electron chi connectivity index (χ4n) is 6.19. The molecule has 10 N–H and O–H groups in total. The third kappa shape index (κ3) is 29.8. The summed E-state index contributed by atoms with van der Waals surface area (Å²) in [5.41, 5.74) is 0. The minimum absolute atomic E-state index is 0. The van der Waals surface area contributed by atoms with Crippen molar-refractivity contribution in [3.05, 3.63) is 0 Å². The van der Waals surface area contributed by atoms with Gasteiger partial charge in [0.15, 0.2) is 0 Å². The van der Waals surface area contributed by atoms with Gasteiger partial charge >= 0.3 is 151 Å². The van der Waals surface area contributed by atoms with Gasteiger partial charge in [0.2, 0.25) is 0 Å². The third-order valence-electron chi connectivity index (χ3n) is 8.27. The summed E-state index contributed by atoms with van der Waals surface area (Å²) in [4.78, 5) is 0. The molecule has 0 aliphatic heterocycles. The Bertz CT molecular complexity index is 2790. The van der Waals surface area contributed by atoms with E-state index in [4.69, 9.17) is 0 Å². The van der Waals surface area contributed by atoms with E-state index in [1.54, 1.807) is 0 Å². The van der Waals surface area contributed by atoms with Crippen LogP contribution >= 0.6 is 0 Å². The number of unbranched alkanes of at least 4 members (excludes halogenated alkanes) is 15. The molecule has 0 radical (unpaired) electrons. The van der Waals surface area contributed by atoms with Crippen molar-refractivity contribution in [1.29, 1.82) is 0 Å². The van der Waals surface area contributed by atoms with Crippen LogP contribution in [0.1, 0.15) is 116 Å². The first kappa shape index (κ1) is 75.8. The van der Waals surface area contributed by atoms with E-state index in [1.807, 2.05) is 0 Å².